The van der Waals surface area contributed by atoms with Crippen LogP contribution in [0.25, 0.3) is 0 Å². The Bertz CT molecular complexity index is 776. The van der Waals surface area contributed by atoms with Crippen LogP contribution in [0.15, 0.2) is 28.7 Å². The molecule has 118 valence electrons. The number of hydrogen-bond donors (Lipinski definition) is 1. The molecule has 0 atom stereocenters. The van der Waals surface area contributed by atoms with E-state index in [-0.39, 0.29) is 18.2 Å². The van der Waals surface area contributed by atoms with Crippen LogP contribution in [0.3, 0.4) is 0 Å². The fraction of sp³-hybridized carbons (Fsp3) is 0.235. The van der Waals surface area contributed by atoms with Crippen LogP contribution < -0.4 is 10.1 Å². The number of carbonyl (C=O) groups is 2. The van der Waals surface area contributed by atoms with Gasteiger partial charge in [0.1, 0.15) is 11.5 Å². The average molecular weight is 312 g/mol. The molecule has 0 aliphatic carbocycles. The average Bonchev–Trinajstić information content (AvgIpc) is 2.97. The van der Waals surface area contributed by atoms with Gasteiger partial charge in [0.25, 0.3) is 0 Å². The monoisotopic (exact) mass is 312 g/mol. The number of esters is 1. The van der Waals surface area contributed by atoms with Gasteiger partial charge in [0.05, 0.1) is 18.2 Å². The molecule has 0 spiro atoms. The number of hydrogen-bond acceptors (Lipinski definition) is 5. The quantitative estimate of drug-likeness (QED) is 0.692. The standard InChI is InChI=1S/C17H16N2O4/c1-10-6-13(8-18)7-11(2)16(10)23-17(21)15-5-4-14(22-15)9-19-12(3)20/h4-7H,9H2,1-3H3,(H,19,20). The first-order chi connectivity index (χ1) is 10.9. The van der Waals surface area contributed by atoms with Gasteiger partial charge in [-0.3, -0.25) is 4.79 Å². The van der Waals surface area contributed by atoms with Crippen molar-refractivity contribution >= 4 is 11.9 Å². The third kappa shape index (κ3) is 3.98. The lowest BCUT2D eigenvalue weighted by molar-refractivity contribution is -0.119. The van der Waals surface area contributed by atoms with E-state index < -0.39 is 5.97 Å². The van der Waals surface area contributed by atoms with Gasteiger partial charge in [0.2, 0.25) is 11.7 Å². The van der Waals surface area contributed by atoms with Crippen molar-refractivity contribution in [1.29, 1.82) is 5.26 Å². The maximum absolute atomic E-state index is 12.2. The van der Waals surface area contributed by atoms with E-state index >= 15 is 0 Å². The molecule has 1 aromatic carbocycles. The molecular weight excluding hydrogens is 296 g/mol. The van der Waals surface area contributed by atoms with E-state index in [2.05, 4.69) is 11.4 Å². The number of benzene rings is 1. The number of amides is 1. The molecule has 2 rings (SSSR count). The number of aryl methyl sites for hydroxylation is 2. The minimum absolute atomic E-state index is 0.0495. The number of nitrogens with one attached hydrogen (secondary N) is 1. The lowest BCUT2D eigenvalue weighted by Gasteiger charge is -2.09. The molecule has 0 aliphatic heterocycles. The summed E-state index contributed by atoms with van der Waals surface area (Å²) in [6.45, 7) is 5.13. The summed E-state index contributed by atoms with van der Waals surface area (Å²) in [5, 5.41) is 11.5. The molecule has 2 aromatic rings. The lowest BCUT2D eigenvalue weighted by atomic mass is 10.1. The molecule has 1 aromatic heterocycles. The van der Waals surface area contributed by atoms with Crippen molar-refractivity contribution in [2.24, 2.45) is 0 Å². The van der Waals surface area contributed by atoms with Crippen LogP contribution in [0.2, 0.25) is 0 Å². The molecule has 23 heavy (non-hydrogen) atoms. The normalized spacial score (nSPS) is 10.0. The Labute approximate surface area is 133 Å². The Hall–Kier alpha value is -3.07. The van der Waals surface area contributed by atoms with Crippen LogP contribution in [0.4, 0.5) is 0 Å². The second-order valence-corrected chi connectivity index (χ2v) is 5.12. The number of carbonyl (C=O) groups excluding carboxylic acids is 2. The first-order valence-corrected chi connectivity index (χ1v) is 6.97. The van der Waals surface area contributed by atoms with Crippen LogP contribution in [0.5, 0.6) is 5.75 Å². The van der Waals surface area contributed by atoms with Gasteiger partial charge in [-0.1, -0.05) is 0 Å². The number of furan rings is 1. The van der Waals surface area contributed by atoms with Crippen LogP contribution >= 0.6 is 0 Å². The number of ether oxygens (including phenoxy) is 1. The maximum atomic E-state index is 12.2. The minimum Gasteiger partial charge on any atom is -0.452 e. The Kier molecular flexibility index (Phi) is 4.82. The lowest BCUT2D eigenvalue weighted by Crippen LogP contribution is -2.18. The molecule has 0 bridgehead atoms. The Morgan fingerprint density at radius 1 is 1.26 bits per heavy atom. The van der Waals surface area contributed by atoms with Crippen LogP contribution in [0, 0.1) is 25.2 Å². The van der Waals surface area contributed by atoms with Crippen molar-refractivity contribution in [2.75, 3.05) is 0 Å². The van der Waals surface area contributed by atoms with Gasteiger partial charge in [-0.15, -0.1) is 0 Å². The van der Waals surface area contributed by atoms with Gasteiger partial charge in [-0.05, 0) is 49.2 Å². The van der Waals surface area contributed by atoms with Gasteiger partial charge in [0, 0.05) is 6.92 Å². The summed E-state index contributed by atoms with van der Waals surface area (Å²) >= 11 is 0. The second kappa shape index (κ2) is 6.79. The Morgan fingerprint density at radius 2 is 1.91 bits per heavy atom. The minimum atomic E-state index is -0.630. The molecule has 1 heterocycles. The number of rotatable bonds is 4. The summed E-state index contributed by atoms with van der Waals surface area (Å²) in [5.74, 6) is 0.104. The molecule has 1 N–H and O–H groups in total. The first-order valence-electron chi connectivity index (χ1n) is 6.97. The second-order valence-electron chi connectivity index (χ2n) is 5.12. The molecular formula is C17H16N2O4. The summed E-state index contributed by atoms with van der Waals surface area (Å²) in [4.78, 5) is 23.0. The topological polar surface area (TPSA) is 92.3 Å². The fourth-order valence-corrected chi connectivity index (χ4v) is 2.11. The molecule has 0 aliphatic rings. The highest BCUT2D eigenvalue weighted by molar-refractivity contribution is 5.88. The van der Waals surface area contributed by atoms with E-state index in [9.17, 15) is 9.59 Å². The number of nitrogens with zero attached hydrogens (tertiary/aromatic N) is 1. The van der Waals surface area contributed by atoms with Gasteiger partial charge < -0.3 is 14.5 Å². The zero-order chi connectivity index (χ0) is 17.0. The molecule has 6 nitrogen and oxygen atoms in total. The van der Waals surface area contributed by atoms with Gasteiger partial charge in [-0.2, -0.15) is 5.26 Å². The van der Waals surface area contributed by atoms with Crippen molar-refractivity contribution in [3.63, 3.8) is 0 Å². The maximum Gasteiger partial charge on any atom is 0.379 e. The SMILES string of the molecule is CC(=O)NCc1ccc(C(=O)Oc2c(C)cc(C#N)cc2C)o1. The molecule has 6 heteroatoms. The van der Waals surface area contributed by atoms with E-state index in [1.165, 1.54) is 13.0 Å². The predicted octanol–water partition coefficient (Wildman–Crippen LogP) is 2.62. The highest BCUT2D eigenvalue weighted by Crippen LogP contribution is 2.25. The van der Waals surface area contributed by atoms with Crippen molar-refractivity contribution in [3.8, 4) is 11.8 Å². The van der Waals surface area contributed by atoms with E-state index in [0.29, 0.717) is 28.2 Å². The summed E-state index contributed by atoms with van der Waals surface area (Å²) < 4.78 is 10.7. The number of nitriles is 1. The third-order valence-electron chi connectivity index (χ3n) is 3.16. The van der Waals surface area contributed by atoms with Crippen LogP contribution in [0.1, 0.15) is 39.9 Å². The highest BCUT2D eigenvalue weighted by Gasteiger charge is 2.17. The van der Waals surface area contributed by atoms with Gasteiger partial charge in [0.15, 0.2) is 0 Å². The molecule has 0 radical (unpaired) electrons. The van der Waals surface area contributed by atoms with E-state index in [1.54, 1.807) is 32.0 Å². The largest absolute Gasteiger partial charge is 0.452 e. The van der Waals surface area contributed by atoms with E-state index in [1.807, 2.05) is 0 Å². The summed E-state index contributed by atoms with van der Waals surface area (Å²) in [5.41, 5.74) is 1.90. The summed E-state index contributed by atoms with van der Waals surface area (Å²) in [7, 11) is 0. The van der Waals surface area contributed by atoms with Crippen LogP contribution in [-0.2, 0) is 11.3 Å². The Balaban J connectivity index is 2.14. The molecule has 0 saturated carbocycles. The van der Waals surface area contributed by atoms with E-state index in [0.717, 1.165) is 0 Å². The zero-order valence-corrected chi connectivity index (χ0v) is 13.1. The fourth-order valence-electron chi connectivity index (χ4n) is 2.11. The predicted molar refractivity (Wildman–Crippen MR) is 81.8 cm³/mol. The third-order valence-corrected chi connectivity index (χ3v) is 3.16. The van der Waals surface area contributed by atoms with Crippen molar-refractivity contribution in [3.05, 3.63) is 52.5 Å². The summed E-state index contributed by atoms with van der Waals surface area (Å²) in [6, 6.07) is 8.46. The summed E-state index contributed by atoms with van der Waals surface area (Å²) in [6.07, 6.45) is 0. The molecule has 1 amide bonds. The van der Waals surface area contributed by atoms with Gasteiger partial charge in [-0.25, -0.2) is 4.79 Å². The Morgan fingerprint density at radius 3 is 2.48 bits per heavy atom. The smallest absolute Gasteiger partial charge is 0.379 e. The van der Waals surface area contributed by atoms with Crippen molar-refractivity contribution in [2.45, 2.75) is 27.3 Å². The molecule has 0 fully saturated rings. The molecule has 0 unspecified atom stereocenters. The van der Waals surface area contributed by atoms with Crippen molar-refractivity contribution < 1.29 is 18.7 Å². The first kappa shape index (κ1) is 16.3. The van der Waals surface area contributed by atoms with E-state index in [4.69, 9.17) is 14.4 Å². The zero-order valence-electron chi connectivity index (χ0n) is 13.1. The van der Waals surface area contributed by atoms with Gasteiger partial charge >= 0.3 is 5.97 Å². The molecule has 0 saturated heterocycles. The van der Waals surface area contributed by atoms with Crippen LogP contribution in [-0.4, -0.2) is 11.9 Å². The van der Waals surface area contributed by atoms with Crippen molar-refractivity contribution in [1.82, 2.24) is 5.32 Å². The highest BCUT2D eigenvalue weighted by atomic mass is 16.5.